The van der Waals surface area contributed by atoms with Crippen molar-refractivity contribution in [2.45, 2.75) is 18.9 Å². The summed E-state index contributed by atoms with van der Waals surface area (Å²) < 4.78 is 0. The summed E-state index contributed by atoms with van der Waals surface area (Å²) in [5.74, 6) is 0.931. The zero-order valence-corrected chi connectivity index (χ0v) is 19.0. The van der Waals surface area contributed by atoms with Gasteiger partial charge in [0, 0.05) is 42.0 Å². The van der Waals surface area contributed by atoms with E-state index in [-0.39, 0.29) is 17.6 Å². The van der Waals surface area contributed by atoms with Crippen LogP contribution in [0.1, 0.15) is 34.3 Å². The average Bonchev–Trinajstić information content (AvgIpc) is 3.02. The van der Waals surface area contributed by atoms with Gasteiger partial charge >= 0.3 is 0 Å². The Morgan fingerprint density at radius 3 is 2.47 bits per heavy atom. The van der Waals surface area contributed by atoms with Crippen LogP contribution in [0.2, 0.25) is 0 Å². The number of carbonyl (C=O) groups excluding carboxylic acids is 1. The predicted molar refractivity (Wildman–Crippen MR) is 135 cm³/mol. The molecule has 0 atom stereocenters. The molecule has 2 aromatic carbocycles. The second kappa shape index (κ2) is 9.07. The Morgan fingerprint density at radius 2 is 1.74 bits per heavy atom. The zero-order valence-electron chi connectivity index (χ0n) is 19.0. The lowest BCUT2D eigenvalue weighted by Gasteiger charge is -2.32. The summed E-state index contributed by atoms with van der Waals surface area (Å²) in [5.41, 5.74) is 3.30. The normalized spacial score (nSPS) is 15.7. The summed E-state index contributed by atoms with van der Waals surface area (Å²) in [5, 5.41) is 24.5. The van der Waals surface area contributed by atoms with Crippen LogP contribution in [-0.2, 0) is 0 Å². The van der Waals surface area contributed by atoms with Crippen LogP contribution < -0.4 is 15.5 Å². The molecule has 3 aromatic rings. The highest BCUT2D eigenvalue weighted by Crippen LogP contribution is 2.34. The van der Waals surface area contributed by atoms with Gasteiger partial charge in [0.05, 0.1) is 11.4 Å². The van der Waals surface area contributed by atoms with Gasteiger partial charge in [-0.25, -0.2) is 4.98 Å². The lowest BCUT2D eigenvalue weighted by Crippen LogP contribution is -2.44. The van der Waals surface area contributed by atoms with Crippen molar-refractivity contribution < 1.29 is 4.79 Å². The first-order valence-corrected chi connectivity index (χ1v) is 11.4. The fourth-order valence-corrected chi connectivity index (χ4v) is 4.53. The summed E-state index contributed by atoms with van der Waals surface area (Å²) in [7, 11) is 1.96. The van der Waals surface area contributed by atoms with Crippen molar-refractivity contribution in [3.63, 3.8) is 0 Å². The van der Waals surface area contributed by atoms with Gasteiger partial charge in [0.2, 0.25) is 0 Å². The van der Waals surface area contributed by atoms with Crippen LogP contribution in [0.25, 0.3) is 0 Å². The SMILES string of the molecule is CNC1CCN(C(=O)c2ccc(C(=N)N3C(=N)c4ccccc4Nc4ncccc43)cc2)CC1. The van der Waals surface area contributed by atoms with Gasteiger partial charge in [0.25, 0.3) is 5.91 Å². The van der Waals surface area contributed by atoms with Crippen LogP contribution in [0.4, 0.5) is 17.2 Å². The van der Waals surface area contributed by atoms with Gasteiger partial charge in [0.15, 0.2) is 5.82 Å². The Balaban J connectivity index is 1.42. The minimum Gasteiger partial charge on any atom is -0.339 e. The maximum absolute atomic E-state index is 13.0. The van der Waals surface area contributed by atoms with E-state index in [0.29, 0.717) is 34.2 Å². The number of hydrogen-bond acceptors (Lipinski definition) is 6. The molecule has 1 amide bonds. The Morgan fingerprint density at radius 1 is 1.03 bits per heavy atom. The molecule has 0 spiro atoms. The first-order valence-electron chi connectivity index (χ1n) is 11.4. The third-order valence-electron chi connectivity index (χ3n) is 6.51. The van der Waals surface area contributed by atoms with Crippen molar-refractivity contribution in [2.75, 3.05) is 30.4 Å². The van der Waals surface area contributed by atoms with Crippen molar-refractivity contribution in [2.24, 2.45) is 0 Å². The van der Waals surface area contributed by atoms with Gasteiger partial charge in [0.1, 0.15) is 11.7 Å². The molecule has 4 N–H and O–H groups in total. The second-order valence-electron chi connectivity index (χ2n) is 8.51. The number of nitrogens with zero attached hydrogens (tertiary/aromatic N) is 3. The summed E-state index contributed by atoms with van der Waals surface area (Å²) in [6.45, 7) is 1.48. The molecule has 1 aromatic heterocycles. The number of aromatic nitrogens is 1. The monoisotopic (exact) mass is 453 g/mol. The van der Waals surface area contributed by atoms with Crippen molar-refractivity contribution in [3.05, 3.63) is 83.6 Å². The van der Waals surface area contributed by atoms with E-state index in [1.165, 1.54) is 0 Å². The molecule has 0 saturated carbocycles. The number of fused-ring (bicyclic) bond motifs is 2. The molecule has 0 bridgehead atoms. The molecule has 1 saturated heterocycles. The van der Waals surface area contributed by atoms with E-state index in [1.54, 1.807) is 41.4 Å². The third kappa shape index (κ3) is 3.92. The van der Waals surface area contributed by atoms with Crippen LogP contribution in [0.3, 0.4) is 0 Å². The van der Waals surface area contributed by atoms with Crippen LogP contribution in [-0.4, -0.2) is 53.6 Å². The van der Waals surface area contributed by atoms with E-state index in [4.69, 9.17) is 10.8 Å². The van der Waals surface area contributed by atoms with E-state index >= 15 is 0 Å². The number of hydrogen-bond donors (Lipinski definition) is 4. The molecule has 2 aliphatic rings. The van der Waals surface area contributed by atoms with Gasteiger partial charge in [-0.05, 0) is 56.3 Å². The van der Waals surface area contributed by atoms with Crippen LogP contribution >= 0.6 is 0 Å². The number of amides is 1. The minimum atomic E-state index is 0.0165. The number of rotatable bonds is 3. The highest BCUT2D eigenvalue weighted by molar-refractivity contribution is 6.30. The molecular formula is C26H27N7O. The summed E-state index contributed by atoms with van der Waals surface area (Å²) >= 11 is 0. The first kappa shape index (κ1) is 21.8. The largest absolute Gasteiger partial charge is 0.339 e. The van der Waals surface area contributed by atoms with Crippen molar-refractivity contribution in [3.8, 4) is 0 Å². The number of para-hydroxylation sites is 1. The number of anilines is 3. The smallest absolute Gasteiger partial charge is 0.253 e. The summed E-state index contributed by atoms with van der Waals surface area (Å²) in [6, 6.07) is 18.7. The van der Waals surface area contributed by atoms with Gasteiger partial charge in [-0.2, -0.15) is 0 Å². The summed E-state index contributed by atoms with van der Waals surface area (Å²) in [6.07, 6.45) is 3.58. The van der Waals surface area contributed by atoms with Gasteiger partial charge in [-0.3, -0.25) is 20.5 Å². The Bertz CT molecular complexity index is 1250. The number of benzene rings is 2. The standard InChI is InChI=1S/C26H27N7O/c1-29-19-12-15-32(16-13-19)26(34)18-10-8-17(9-11-18)23(27)33-22-7-4-14-30-25(22)31-21-6-3-2-5-20(21)24(33)28/h2-11,14,19,27-29H,12-13,15-16H2,1H3,(H,30,31). The molecule has 1 fully saturated rings. The van der Waals surface area contributed by atoms with E-state index in [0.717, 1.165) is 31.6 Å². The topological polar surface area (TPSA) is 108 Å². The molecule has 0 unspecified atom stereocenters. The second-order valence-corrected chi connectivity index (χ2v) is 8.51. The molecule has 0 radical (unpaired) electrons. The molecule has 34 heavy (non-hydrogen) atoms. The predicted octanol–water partition coefficient (Wildman–Crippen LogP) is 3.82. The van der Waals surface area contributed by atoms with E-state index in [9.17, 15) is 4.79 Å². The van der Waals surface area contributed by atoms with Crippen molar-refractivity contribution >= 4 is 34.8 Å². The van der Waals surface area contributed by atoms with E-state index in [1.807, 2.05) is 42.3 Å². The lowest BCUT2D eigenvalue weighted by atomic mass is 10.0. The Hall–Kier alpha value is -4.04. The Kier molecular flexibility index (Phi) is 5.81. The number of carbonyl (C=O) groups is 1. The molecule has 3 heterocycles. The third-order valence-corrected chi connectivity index (χ3v) is 6.51. The summed E-state index contributed by atoms with van der Waals surface area (Å²) in [4.78, 5) is 20.9. The van der Waals surface area contributed by atoms with Gasteiger partial charge in [-0.15, -0.1) is 0 Å². The van der Waals surface area contributed by atoms with Crippen molar-refractivity contribution in [1.29, 1.82) is 10.8 Å². The molecular weight excluding hydrogens is 426 g/mol. The molecule has 2 aliphatic heterocycles. The quantitative estimate of drug-likeness (QED) is 0.356. The maximum atomic E-state index is 13.0. The highest BCUT2D eigenvalue weighted by Gasteiger charge is 2.28. The van der Waals surface area contributed by atoms with Crippen molar-refractivity contribution in [1.82, 2.24) is 15.2 Å². The lowest BCUT2D eigenvalue weighted by molar-refractivity contribution is 0.0707. The fourth-order valence-electron chi connectivity index (χ4n) is 4.53. The molecule has 8 nitrogen and oxygen atoms in total. The molecule has 172 valence electrons. The molecule has 8 heteroatoms. The maximum Gasteiger partial charge on any atom is 0.253 e. The molecule has 0 aliphatic carbocycles. The number of piperidine rings is 1. The zero-order chi connectivity index (χ0) is 23.7. The minimum absolute atomic E-state index is 0.0165. The van der Waals surface area contributed by atoms with Crippen LogP contribution in [0, 0.1) is 10.8 Å². The average molecular weight is 454 g/mol. The van der Waals surface area contributed by atoms with Gasteiger partial charge in [-0.1, -0.05) is 24.3 Å². The first-order chi connectivity index (χ1) is 16.6. The van der Waals surface area contributed by atoms with Crippen LogP contribution in [0.5, 0.6) is 0 Å². The molecule has 5 rings (SSSR count). The van der Waals surface area contributed by atoms with Gasteiger partial charge < -0.3 is 15.5 Å². The Labute approximate surface area is 198 Å². The van der Waals surface area contributed by atoms with Crippen LogP contribution in [0.15, 0.2) is 66.9 Å². The number of likely N-dealkylation sites (tertiary alicyclic amines) is 1. The van der Waals surface area contributed by atoms with E-state index < -0.39 is 0 Å². The van der Waals surface area contributed by atoms with E-state index in [2.05, 4.69) is 15.6 Å². The number of amidine groups is 2. The fraction of sp³-hybridized carbons (Fsp3) is 0.231. The highest BCUT2D eigenvalue weighted by atomic mass is 16.2. The number of nitrogens with one attached hydrogen (secondary N) is 4. The number of pyridine rings is 1.